The van der Waals surface area contributed by atoms with Gasteiger partial charge in [0.15, 0.2) is 0 Å². The summed E-state index contributed by atoms with van der Waals surface area (Å²) in [5, 5.41) is 0. The molecule has 1 saturated heterocycles. The number of nitrogens with zero attached hydrogens (tertiary/aromatic N) is 1. The molecule has 1 fully saturated rings. The Morgan fingerprint density at radius 3 is 3.00 bits per heavy atom. The molecular weight excluding hydrogens is 170 g/mol. The number of amides is 1. The van der Waals surface area contributed by atoms with E-state index in [0.29, 0.717) is 13.2 Å². The minimum Gasteiger partial charge on any atom is -0.450 e. The molecule has 1 atom stereocenters. The number of methoxy groups -OCH3 is 1. The van der Waals surface area contributed by atoms with Gasteiger partial charge in [0.2, 0.25) is 0 Å². The van der Waals surface area contributed by atoms with E-state index in [9.17, 15) is 4.79 Å². The Morgan fingerprint density at radius 2 is 2.38 bits per heavy atom. The van der Waals surface area contributed by atoms with Crippen molar-refractivity contribution in [2.75, 3.05) is 26.8 Å². The molecule has 1 aliphatic heterocycles. The van der Waals surface area contributed by atoms with Crippen LogP contribution in [0.4, 0.5) is 4.79 Å². The summed E-state index contributed by atoms with van der Waals surface area (Å²) >= 11 is 0. The Bertz CT molecular complexity index is 172. The summed E-state index contributed by atoms with van der Waals surface area (Å²) in [6, 6.07) is 0. The second kappa shape index (κ2) is 5.07. The number of hydrogen-bond acceptors (Lipinski definition) is 3. The van der Waals surface area contributed by atoms with Crippen molar-refractivity contribution < 1.29 is 14.3 Å². The predicted octanol–water partition coefficient (Wildman–Crippen LogP) is 1.25. The first-order valence-electron chi connectivity index (χ1n) is 4.72. The summed E-state index contributed by atoms with van der Waals surface area (Å²) in [7, 11) is 1.68. The number of piperidine rings is 1. The number of hydrogen-bond donors (Lipinski definition) is 0. The van der Waals surface area contributed by atoms with E-state index < -0.39 is 0 Å². The number of carbonyl (C=O) groups excluding carboxylic acids is 1. The molecule has 1 rings (SSSR count). The maximum absolute atomic E-state index is 11.3. The highest BCUT2D eigenvalue weighted by molar-refractivity contribution is 5.67. The van der Waals surface area contributed by atoms with Gasteiger partial charge in [-0.3, -0.25) is 0 Å². The van der Waals surface area contributed by atoms with Crippen LogP contribution in [0, 0.1) is 0 Å². The van der Waals surface area contributed by atoms with Crippen LogP contribution in [-0.4, -0.2) is 43.9 Å². The average Bonchev–Trinajstić information content (AvgIpc) is 2.18. The Labute approximate surface area is 78.8 Å². The van der Waals surface area contributed by atoms with Gasteiger partial charge < -0.3 is 14.4 Å². The Balaban J connectivity index is 2.37. The number of likely N-dealkylation sites (tertiary alicyclic amines) is 1. The first kappa shape index (κ1) is 10.3. The lowest BCUT2D eigenvalue weighted by molar-refractivity contribution is 0.0249. The topological polar surface area (TPSA) is 38.8 Å². The van der Waals surface area contributed by atoms with Gasteiger partial charge in [-0.15, -0.1) is 0 Å². The zero-order valence-electron chi connectivity index (χ0n) is 8.28. The van der Waals surface area contributed by atoms with Gasteiger partial charge >= 0.3 is 6.09 Å². The first-order valence-corrected chi connectivity index (χ1v) is 4.72. The summed E-state index contributed by atoms with van der Waals surface area (Å²) in [5.41, 5.74) is 0. The van der Waals surface area contributed by atoms with Gasteiger partial charge in [0.1, 0.15) is 0 Å². The largest absolute Gasteiger partial charge is 0.450 e. The molecule has 0 spiro atoms. The molecule has 0 aromatic heterocycles. The fourth-order valence-corrected chi connectivity index (χ4v) is 1.51. The number of carbonyl (C=O) groups is 1. The van der Waals surface area contributed by atoms with E-state index >= 15 is 0 Å². The Hall–Kier alpha value is -0.770. The zero-order chi connectivity index (χ0) is 9.68. The molecule has 4 heteroatoms. The van der Waals surface area contributed by atoms with Gasteiger partial charge in [-0.1, -0.05) is 0 Å². The van der Waals surface area contributed by atoms with Crippen LogP contribution in [-0.2, 0) is 9.47 Å². The van der Waals surface area contributed by atoms with Crippen LogP contribution >= 0.6 is 0 Å². The molecule has 4 nitrogen and oxygen atoms in total. The van der Waals surface area contributed by atoms with Crippen molar-refractivity contribution >= 4 is 6.09 Å². The van der Waals surface area contributed by atoms with Crippen LogP contribution < -0.4 is 0 Å². The van der Waals surface area contributed by atoms with Crippen LogP contribution in [0.5, 0.6) is 0 Å². The van der Waals surface area contributed by atoms with Crippen LogP contribution in [0.15, 0.2) is 0 Å². The third-order valence-corrected chi connectivity index (χ3v) is 2.24. The highest BCUT2D eigenvalue weighted by atomic mass is 16.6. The SMILES string of the molecule is CCOC(=O)N1CCCC(OC)C1. The summed E-state index contributed by atoms with van der Waals surface area (Å²) in [6.07, 6.45) is 1.99. The van der Waals surface area contributed by atoms with Gasteiger partial charge in [-0.05, 0) is 19.8 Å². The van der Waals surface area contributed by atoms with Crippen LogP contribution in [0.1, 0.15) is 19.8 Å². The van der Waals surface area contributed by atoms with E-state index in [1.54, 1.807) is 12.0 Å². The second-order valence-electron chi connectivity index (χ2n) is 3.14. The van der Waals surface area contributed by atoms with Crippen LogP contribution in [0.2, 0.25) is 0 Å². The molecule has 0 aromatic rings. The fraction of sp³-hybridized carbons (Fsp3) is 0.889. The molecule has 1 heterocycles. The fourth-order valence-electron chi connectivity index (χ4n) is 1.51. The van der Waals surface area contributed by atoms with Crippen molar-refractivity contribution in [3.05, 3.63) is 0 Å². The Kier molecular flexibility index (Phi) is 4.02. The molecule has 1 aliphatic rings. The van der Waals surface area contributed by atoms with E-state index in [-0.39, 0.29) is 12.2 Å². The highest BCUT2D eigenvalue weighted by Crippen LogP contribution is 2.13. The summed E-state index contributed by atoms with van der Waals surface area (Å²) in [6.45, 7) is 3.71. The molecule has 1 amide bonds. The third kappa shape index (κ3) is 2.88. The standard InChI is InChI=1S/C9H17NO3/c1-3-13-9(11)10-6-4-5-8(7-10)12-2/h8H,3-7H2,1-2H3. The van der Waals surface area contributed by atoms with Gasteiger partial charge in [-0.2, -0.15) is 0 Å². The second-order valence-corrected chi connectivity index (χ2v) is 3.14. The van der Waals surface area contributed by atoms with Crippen molar-refractivity contribution in [3.8, 4) is 0 Å². The molecule has 0 aromatic carbocycles. The lowest BCUT2D eigenvalue weighted by Gasteiger charge is -2.30. The minimum absolute atomic E-state index is 0.179. The van der Waals surface area contributed by atoms with E-state index in [1.807, 2.05) is 6.92 Å². The highest BCUT2D eigenvalue weighted by Gasteiger charge is 2.23. The molecule has 13 heavy (non-hydrogen) atoms. The van der Waals surface area contributed by atoms with Crippen LogP contribution in [0.25, 0.3) is 0 Å². The van der Waals surface area contributed by atoms with Gasteiger partial charge in [0.25, 0.3) is 0 Å². The minimum atomic E-state index is -0.218. The molecule has 0 saturated carbocycles. The van der Waals surface area contributed by atoms with Gasteiger partial charge in [-0.25, -0.2) is 4.79 Å². The zero-order valence-corrected chi connectivity index (χ0v) is 8.28. The molecule has 0 radical (unpaired) electrons. The van der Waals surface area contributed by atoms with Crippen molar-refractivity contribution in [2.45, 2.75) is 25.9 Å². The van der Waals surface area contributed by atoms with E-state index in [4.69, 9.17) is 9.47 Å². The van der Waals surface area contributed by atoms with Crippen LogP contribution in [0.3, 0.4) is 0 Å². The van der Waals surface area contributed by atoms with Crippen molar-refractivity contribution in [2.24, 2.45) is 0 Å². The Morgan fingerprint density at radius 1 is 1.62 bits per heavy atom. The molecule has 1 unspecified atom stereocenters. The molecule has 0 bridgehead atoms. The predicted molar refractivity (Wildman–Crippen MR) is 48.6 cm³/mol. The monoisotopic (exact) mass is 187 g/mol. The van der Waals surface area contributed by atoms with E-state index in [1.165, 1.54) is 0 Å². The van der Waals surface area contributed by atoms with Gasteiger partial charge in [0.05, 0.1) is 19.3 Å². The number of rotatable bonds is 2. The first-order chi connectivity index (χ1) is 6.27. The lowest BCUT2D eigenvalue weighted by atomic mass is 10.1. The van der Waals surface area contributed by atoms with Gasteiger partial charge in [0, 0.05) is 13.7 Å². The maximum Gasteiger partial charge on any atom is 0.409 e. The third-order valence-electron chi connectivity index (χ3n) is 2.24. The smallest absolute Gasteiger partial charge is 0.409 e. The molecule has 0 aliphatic carbocycles. The van der Waals surface area contributed by atoms with Crippen molar-refractivity contribution in [3.63, 3.8) is 0 Å². The molecule has 0 N–H and O–H groups in total. The van der Waals surface area contributed by atoms with E-state index in [2.05, 4.69) is 0 Å². The van der Waals surface area contributed by atoms with E-state index in [0.717, 1.165) is 19.4 Å². The lowest BCUT2D eigenvalue weighted by Crippen LogP contribution is -2.43. The normalized spacial score (nSPS) is 22.9. The summed E-state index contributed by atoms with van der Waals surface area (Å²) in [5.74, 6) is 0. The summed E-state index contributed by atoms with van der Waals surface area (Å²) < 4.78 is 10.1. The van der Waals surface area contributed by atoms with Crippen molar-refractivity contribution in [1.29, 1.82) is 0 Å². The average molecular weight is 187 g/mol. The molecular formula is C9H17NO3. The number of ether oxygens (including phenoxy) is 2. The molecule has 76 valence electrons. The quantitative estimate of drug-likeness (QED) is 0.653. The maximum atomic E-state index is 11.3. The summed E-state index contributed by atoms with van der Waals surface area (Å²) in [4.78, 5) is 13.0. The van der Waals surface area contributed by atoms with Crippen molar-refractivity contribution in [1.82, 2.24) is 4.90 Å².